The molecule has 1 N–H and O–H groups in total. The van der Waals surface area contributed by atoms with Gasteiger partial charge >= 0.3 is 0 Å². The van der Waals surface area contributed by atoms with Crippen molar-refractivity contribution >= 4 is 0 Å². The molecule has 0 spiro atoms. The van der Waals surface area contributed by atoms with Gasteiger partial charge < -0.3 is 5.32 Å². The lowest BCUT2D eigenvalue weighted by atomic mass is 10.0. The topological polar surface area (TPSA) is 12.0 Å². The van der Waals surface area contributed by atoms with Crippen LogP contribution >= 0.6 is 0 Å². The van der Waals surface area contributed by atoms with Crippen molar-refractivity contribution in [3.63, 3.8) is 0 Å². The fraction of sp³-hybridized carbons (Fsp3) is 0.538. The van der Waals surface area contributed by atoms with Gasteiger partial charge in [0.25, 0.3) is 0 Å². The van der Waals surface area contributed by atoms with E-state index in [2.05, 4.69) is 43.6 Å². The van der Waals surface area contributed by atoms with Crippen molar-refractivity contribution in [2.75, 3.05) is 7.05 Å². The van der Waals surface area contributed by atoms with E-state index >= 15 is 0 Å². The number of hydrogen-bond acceptors (Lipinski definition) is 1. The molecule has 0 aliphatic heterocycles. The summed E-state index contributed by atoms with van der Waals surface area (Å²) in [5.74, 6) is 0. The molecule has 1 fully saturated rings. The monoisotopic (exact) mass is 189 g/mol. The quantitative estimate of drug-likeness (QED) is 0.767. The Labute approximate surface area is 86.5 Å². The summed E-state index contributed by atoms with van der Waals surface area (Å²) in [6.07, 6.45) is 5.00. The van der Waals surface area contributed by atoms with Crippen molar-refractivity contribution < 1.29 is 0 Å². The van der Waals surface area contributed by atoms with Crippen molar-refractivity contribution in [3.05, 3.63) is 35.4 Å². The summed E-state index contributed by atoms with van der Waals surface area (Å²) in [7, 11) is 2.08. The Morgan fingerprint density at radius 3 is 2.57 bits per heavy atom. The van der Waals surface area contributed by atoms with E-state index in [4.69, 9.17) is 0 Å². The first-order chi connectivity index (χ1) is 6.78. The predicted molar refractivity (Wildman–Crippen MR) is 60.5 cm³/mol. The fourth-order valence-electron chi connectivity index (χ4n) is 2.02. The van der Waals surface area contributed by atoms with Crippen LogP contribution in [0, 0.1) is 0 Å². The molecule has 1 aliphatic rings. The normalized spacial score (nSPS) is 18.1. The molecule has 0 atom stereocenters. The summed E-state index contributed by atoms with van der Waals surface area (Å²) >= 11 is 0. The van der Waals surface area contributed by atoms with Crippen molar-refractivity contribution in [2.24, 2.45) is 0 Å². The first-order valence-corrected chi connectivity index (χ1v) is 5.55. The van der Waals surface area contributed by atoms with Gasteiger partial charge in [0.15, 0.2) is 0 Å². The Kier molecular flexibility index (Phi) is 2.60. The van der Waals surface area contributed by atoms with E-state index in [1.807, 2.05) is 0 Å². The van der Waals surface area contributed by atoms with E-state index in [0.717, 1.165) is 6.42 Å². The number of likely N-dealkylation sites (N-methyl/N-ethyl adjacent to an activating group) is 1. The summed E-state index contributed by atoms with van der Waals surface area (Å²) in [5.41, 5.74) is 3.37. The third-order valence-corrected chi connectivity index (χ3v) is 3.33. The van der Waals surface area contributed by atoms with Gasteiger partial charge in [0.2, 0.25) is 0 Å². The molecule has 1 aromatic rings. The molecule has 1 aromatic carbocycles. The minimum absolute atomic E-state index is 0.437. The average Bonchev–Trinajstić information content (AvgIpc) is 2.99. The molecule has 1 nitrogen and oxygen atoms in total. The summed E-state index contributed by atoms with van der Waals surface area (Å²) < 4.78 is 0. The molecule has 0 saturated heterocycles. The number of rotatable bonds is 4. The Morgan fingerprint density at radius 2 is 2.00 bits per heavy atom. The molecule has 0 aromatic heterocycles. The lowest BCUT2D eigenvalue weighted by Gasteiger charge is -2.14. The predicted octanol–water partition coefficient (Wildman–Crippen LogP) is 2.54. The van der Waals surface area contributed by atoms with Gasteiger partial charge in [-0.3, -0.25) is 0 Å². The van der Waals surface area contributed by atoms with E-state index in [-0.39, 0.29) is 0 Å². The van der Waals surface area contributed by atoms with Crippen LogP contribution in [0.3, 0.4) is 0 Å². The molecule has 0 heterocycles. The van der Waals surface area contributed by atoms with E-state index in [9.17, 15) is 0 Å². The molecular weight excluding hydrogens is 170 g/mol. The number of hydrogen-bond donors (Lipinski definition) is 1. The third-order valence-electron chi connectivity index (χ3n) is 3.33. The Morgan fingerprint density at radius 1 is 1.29 bits per heavy atom. The van der Waals surface area contributed by atoms with Gasteiger partial charge in [-0.2, -0.15) is 0 Å². The smallest absolute Gasteiger partial charge is 0.0220 e. The van der Waals surface area contributed by atoms with Gasteiger partial charge in [-0.25, -0.2) is 0 Å². The molecule has 1 saturated carbocycles. The Balaban J connectivity index is 2.09. The van der Waals surface area contributed by atoms with Crippen molar-refractivity contribution in [2.45, 2.75) is 38.1 Å². The van der Waals surface area contributed by atoms with Crippen molar-refractivity contribution in [1.82, 2.24) is 5.32 Å². The molecule has 14 heavy (non-hydrogen) atoms. The van der Waals surface area contributed by atoms with Crippen LogP contribution in [-0.2, 0) is 12.8 Å². The molecular formula is C13H19N. The Bertz CT molecular complexity index is 313. The number of aryl methyl sites for hydroxylation is 1. The van der Waals surface area contributed by atoms with Crippen LogP contribution < -0.4 is 5.32 Å². The van der Waals surface area contributed by atoms with Gasteiger partial charge in [0.1, 0.15) is 0 Å². The molecule has 1 heteroatoms. The molecule has 2 rings (SSSR count). The molecule has 76 valence electrons. The van der Waals surface area contributed by atoms with Crippen LogP contribution in [0.15, 0.2) is 24.3 Å². The van der Waals surface area contributed by atoms with Gasteiger partial charge in [-0.1, -0.05) is 31.2 Å². The second-order valence-corrected chi connectivity index (χ2v) is 4.38. The second-order valence-electron chi connectivity index (χ2n) is 4.38. The summed E-state index contributed by atoms with van der Waals surface area (Å²) in [6.45, 7) is 2.21. The highest BCUT2D eigenvalue weighted by Crippen LogP contribution is 2.38. The first-order valence-electron chi connectivity index (χ1n) is 5.55. The summed E-state index contributed by atoms with van der Waals surface area (Å²) in [6, 6.07) is 8.98. The molecule has 0 bridgehead atoms. The highest BCUT2D eigenvalue weighted by molar-refractivity contribution is 5.26. The average molecular weight is 189 g/mol. The largest absolute Gasteiger partial charge is 0.314 e. The highest BCUT2D eigenvalue weighted by Gasteiger charge is 2.40. The van der Waals surface area contributed by atoms with Crippen LogP contribution in [0.25, 0.3) is 0 Å². The fourth-order valence-corrected chi connectivity index (χ4v) is 2.02. The van der Waals surface area contributed by atoms with E-state index < -0.39 is 0 Å². The van der Waals surface area contributed by atoms with Gasteiger partial charge in [0.05, 0.1) is 0 Å². The van der Waals surface area contributed by atoms with E-state index in [0.29, 0.717) is 5.54 Å². The van der Waals surface area contributed by atoms with Crippen LogP contribution in [-0.4, -0.2) is 12.6 Å². The Hall–Kier alpha value is -0.820. The van der Waals surface area contributed by atoms with Crippen molar-refractivity contribution in [3.8, 4) is 0 Å². The zero-order valence-corrected chi connectivity index (χ0v) is 9.14. The number of nitrogens with one attached hydrogen (secondary N) is 1. The standard InChI is InChI=1S/C13H19N/c1-3-11-5-4-6-12(9-11)10-13(14-2)7-8-13/h4-6,9,14H,3,7-8,10H2,1-2H3. The minimum atomic E-state index is 0.437. The number of benzene rings is 1. The molecule has 0 radical (unpaired) electrons. The van der Waals surface area contributed by atoms with E-state index in [1.165, 1.54) is 30.4 Å². The lowest BCUT2D eigenvalue weighted by Crippen LogP contribution is -2.29. The summed E-state index contributed by atoms with van der Waals surface area (Å²) in [5, 5.41) is 3.44. The molecule has 0 amide bonds. The minimum Gasteiger partial charge on any atom is -0.314 e. The van der Waals surface area contributed by atoms with Crippen LogP contribution in [0.1, 0.15) is 30.9 Å². The van der Waals surface area contributed by atoms with Gasteiger partial charge in [-0.05, 0) is 43.9 Å². The second kappa shape index (κ2) is 3.74. The maximum atomic E-state index is 3.44. The zero-order chi connectivity index (χ0) is 10.0. The maximum Gasteiger partial charge on any atom is 0.0220 e. The van der Waals surface area contributed by atoms with E-state index in [1.54, 1.807) is 0 Å². The SMILES string of the molecule is CCc1cccc(CC2(NC)CC2)c1. The van der Waals surface area contributed by atoms with Crippen LogP contribution in [0.2, 0.25) is 0 Å². The molecule has 0 unspecified atom stereocenters. The lowest BCUT2D eigenvalue weighted by molar-refractivity contribution is 0.548. The van der Waals surface area contributed by atoms with Crippen LogP contribution in [0.4, 0.5) is 0 Å². The van der Waals surface area contributed by atoms with Crippen molar-refractivity contribution in [1.29, 1.82) is 0 Å². The highest BCUT2D eigenvalue weighted by atomic mass is 15.0. The van der Waals surface area contributed by atoms with Gasteiger partial charge in [0, 0.05) is 5.54 Å². The zero-order valence-electron chi connectivity index (χ0n) is 9.14. The van der Waals surface area contributed by atoms with Crippen LogP contribution in [0.5, 0.6) is 0 Å². The summed E-state index contributed by atoms with van der Waals surface area (Å²) in [4.78, 5) is 0. The van der Waals surface area contributed by atoms with Gasteiger partial charge in [-0.15, -0.1) is 0 Å². The first kappa shape index (κ1) is 9.72. The molecule has 1 aliphatic carbocycles. The third kappa shape index (κ3) is 1.98. The maximum absolute atomic E-state index is 3.44.